The molecule has 0 aromatic carbocycles. The Labute approximate surface area is 157 Å². The lowest BCUT2D eigenvalue weighted by Gasteiger charge is -2.64. The maximum absolute atomic E-state index is 13.5. The minimum absolute atomic E-state index is 0.0755. The molecule has 5 heteroatoms. The number of methoxy groups -OCH3 is 1. The summed E-state index contributed by atoms with van der Waals surface area (Å²) in [6, 6.07) is 0. The van der Waals surface area contributed by atoms with E-state index in [1.807, 2.05) is 20.8 Å². The third kappa shape index (κ3) is 2.70. The Morgan fingerprint density at radius 2 is 2.00 bits per heavy atom. The maximum atomic E-state index is 13.5. The summed E-state index contributed by atoms with van der Waals surface area (Å²) in [5.41, 5.74) is 10.2. The maximum Gasteiger partial charge on any atom is 0.327 e. The number of ether oxygens (including phenoxy) is 1. The monoisotopic (exact) mass is 362 g/mol. The van der Waals surface area contributed by atoms with Crippen LogP contribution in [-0.4, -0.2) is 29.9 Å². The Kier molecular flexibility index (Phi) is 5.62. The van der Waals surface area contributed by atoms with Gasteiger partial charge in [0, 0.05) is 17.3 Å². The second-order valence-electron chi connectivity index (χ2n) is 8.76. The average Bonchev–Trinajstić information content (AvgIpc) is 2.57. The van der Waals surface area contributed by atoms with Gasteiger partial charge in [-0.15, -0.1) is 11.8 Å². The van der Waals surface area contributed by atoms with Crippen LogP contribution in [0.5, 0.6) is 0 Å². The summed E-state index contributed by atoms with van der Waals surface area (Å²) in [7, 11) is 1.33. The predicted octanol–water partition coefficient (Wildman–Crippen LogP) is 2.27. The molecule has 0 amide bonds. The lowest BCUT2D eigenvalue weighted by atomic mass is 9.42. The molecule has 146 valence electrons. The minimum atomic E-state index is -1.40. The number of carbonyl (C=O) groups excluding carboxylic acids is 2. The van der Waals surface area contributed by atoms with E-state index >= 15 is 0 Å². The van der Waals surface area contributed by atoms with Crippen LogP contribution in [0.1, 0.15) is 60.3 Å². The van der Waals surface area contributed by atoms with Gasteiger partial charge in [-0.3, -0.25) is 4.79 Å². The molecule has 0 aromatic heterocycles. The molecular formula is C21H34N2O3. The highest BCUT2D eigenvalue weighted by molar-refractivity contribution is 5.93. The molecule has 2 saturated carbocycles. The van der Waals surface area contributed by atoms with Crippen molar-refractivity contribution >= 4 is 11.8 Å². The zero-order chi connectivity index (χ0) is 19.9. The highest BCUT2D eigenvalue weighted by atomic mass is 16.5. The van der Waals surface area contributed by atoms with Crippen LogP contribution in [0.25, 0.3) is 0 Å². The van der Waals surface area contributed by atoms with Gasteiger partial charge in [0.2, 0.25) is 0 Å². The molecule has 2 aliphatic rings. The van der Waals surface area contributed by atoms with Crippen molar-refractivity contribution in [2.24, 2.45) is 40.6 Å². The summed E-state index contributed by atoms with van der Waals surface area (Å²) >= 11 is 0. The summed E-state index contributed by atoms with van der Waals surface area (Å²) < 4.78 is 5.05. The molecule has 26 heavy (non-hydrogen) atoms. The lowest BCUT2D eigenvalue weighted by molar-refractivity contribution is -0.174. The van der Waals surface area contributed by atoms with Gasteiger partial charge < -0.3 is 16.2 Å². The van der Waals surface area contributed by atoms with Crippen molar-refractivity contribution in [2.75, 3.05) is 7.11 Å². The Balaban J connectivity index is 2.68. The van der Waals surface area contributed by atoms with Gasteiger partial charge in [-0.05, 0) is 44.4 Å². The number of esters is 1. The van der Waals surface area contributed by atoms with Gasteiger partial charge in [0.25, 0.3) is 0 Å². The molecule has 0 aromatic rings. The molecule has 0 saturated heterocycles. The Morgan fingerprint density at radius 3 is 2.54 bits per heavy atom. The molecule has 7 atom stereocenters. The van der Waals surface area contributed by atoms with Crippen LogP contribution < -0.4 is 11.5 Å². The third-order valence-electron chi connectivity index (χ3n) is 7.25. The first-order valence-corrected chi connectivity index (χ1v) is 9.62. The van der Waals surface area contributed by atoms with E-state index in [4.69, 9.17) is 16.2 Å². The standard InChI is InChI=1S/C21H34N2O3/c1-7-8-13(2)12-21(23)19(5)16(14(3)11-15(4)17(19)24)9-10-20(21,22)18(25)26-6/h13-16H,9-12,22-23H2,1-6H3/t13?,14?,15-,16?,19?,20?,21?/m0/s1. The molecule has 2 rings (SSSR count). The first kappa shape index (κ1) is 20.9. The normalized spacial score (nSPS) is 43.7. The van der Waals surface area contributed by atoms with Crippen LogP contribution in [0.2, 0.25) is 0 Å². The molecule has 2 aliphatic carbocycles. The number of ketones is 1. The minimum Gasteiger partial charge on any atom is -0.468 e. The molecule has 0 heterocycles. The van der Waals surface area contributed by atoms with E-state index in [0.717, 1.165) is 6.42 Å². The molecule has 2 fully saturated rings. The van der Waals surface area contributed by atoms with Gasteiger partial charge in [-0.1, -0.05) is 27.7 Å². The van der Waals surface area contributed by atoms with Gasteiger partial charge in [0.15, 0.2) is 0 Å². The smallest absolute Gasteiger partial charge is 0.327 e. The van der Waals surface area contributed by atoms with Crippen LogP contribution in [0.4, 0.5) is 0 Å². The van der Waals surface area contributed by atoms with Crippen LogP contribution in [0.15, 0.2) is 0 Å². The summed E-state index contributed by atoms with van der Waals surface area (Å²) in [5, 5.41) is 0. The second-order valence-corrected chi connectivity index (χ2v) is 8.76. The number of rotatable bonds is 3. The van der Waals surface area contributed by atoms with Crippen LogP contribution in [-0.2, 0) is 14.3 Å². The van der Waals surface area contributed by atoms with E-state index in [9.17, 15) is 9.59 Å². The SMILES string of the molecule is CC#CC(C)CC1(N)C(N)(C(=O)OC)CCC2C(C)C[C@H](C)C(=O)C21C. The number of carbonyl (C=O) groups is 2. The number of fused-ring (bicyclic) bond motifs is 1. The molecule has 4 N–H and O–H groups in total. The van der Waals surface area contributed by atoms with Crippen molar-refractivity contribution < 1.29 is 14.3 Å². The zero-order valence-electron chi connectivity index (χ0n) is 17.0. The van der Waals surface area contributed by atoms with E-state index in [-0.39, 0.29) is 23.5 Å². The van der Waals surface area contributed by atoms with Gasteiger partial charge >= 0.3 is 5.97 Å². The molecule has 6 unspecified atom stereocenters. The topological polar surface area (TPSA) is 95.4 Å². The van der Waals surface area contributed by atoms with E-state index in [0.29, 0.717) is 25.2 Å². The third-order valence-corrected chi connectivity index (χ3v) is 7.25. The quantitative estimate of drug-likeness (QED) is 0.593. The summed E-state index contributed by atoms with van der Waals surface area (Å²) in [6.45, 7) is 9.82. The Bertz CT molecular complexity index is 651. The van der Waals surface area contributed by atoms with Crippen LogP contribution >= 0.6 is 0 Å². The number of hydrogen-bond donors (Lipinski definition) is 2. The van der Waals surface area contributed by atoms with Crippen molar-refractivity contribution in [3.8, 4) is 11.8 Å². The van der Waals surface area contributed by atoms with Crippen LogP contribution in [0.3, 0.4) is 0 Å². The first-order valence-electron chi connectivity index (χ1n) is 9.62. The van der Waals surface area contributed by atoms with Crippen LogP contribution in [0, 0.1) is 40.9 Å². The Hall–Kier alpha value is -1.38. The van der Waals surface area contributed by atoms with E-state index < -0.39 is 22.5 Å². The largest absolute Gasteiger partial charge is 0.468 e. The Morgan fingerprint density at radius 1 is 1.38 bits per heavy atom. The zero-order valence-corrected chi connectivity index (χ0v) is 17.0. The number of hydrogen-bond acceptors (Lipinski definition) is 5. The van der Waals surface area contributed by atoms with Gasteiger partial charge in [0.05, 0.1) is 12.6 Å². The molecule has 5 nitrogen and oxygen atoms in total. The van der Waals surface area contributed by atoms with Crippen molar-refractivity contribution in [1.82, 2.24) is 0 Å². The van der Waals surface area contributed by atoms with Gasteiger partial charge in [0.1, 0.15) is 11.3 Å². The highest BCUT2D eigenvalue weighted by Crippen LogP contribution is 2.59. The molecule has 0 spiro atoms. The number of nitrogens with two attached hydrogens (primary N) is 2. The van der Waals surface area contributed by atoms with E-state index in [2.05, 4.69) is 18.8 Å². The fraction of sp³-hybridized carbons (Fsp3) is 0.810. The van der Waals surface area contributed by atoms with Crippen molar-refractivity contribution in [3.63, 3.8) is 0 Å². The van der Waals surface area contributed by atoms with Crippen molar-refractivity contribution in [1.29, 1.82) is 0 Å². The fourth-order valence-electron chi connectivity index (χ4n) is 5.93. The fourth-order valence-corrected chi connectivity index (χ4v) is 5.93. The number of Topliss-reactive ketones (excluding diaryl/α,β-unsaturated/α-hetero) is 1. The van der Waals surface area contributed by atoms with Crippen molar-refractivity contribution in [2.45, 2.75) is 71.4 Å². The predicted molar refractivity (Wildman–Crippen MR) is 102 cm³/mol. The van der Waals surface area contributed by atoms with Crippen molar-refractivity contribution in [3.05, 3.63) is 0 Å². The summed E-state index contributed by atoms with van der Waals surface area (Å²) in [6.07, 6.45) is 2.37. The molecule has 0 radical (unpaired) electrons. The second kappa shape index (κ2) is 6.98. The molecule has 0 aliphatic heterocycles. The van der Waals surface area contributed by atoms with E-state index in [1.54, 1.807) is 6.92 Å². The first-order chi connectivity index (χ1) is 12.0. The average molecular weight is 363 g/mol. The molecule has 0 bridgehead atoms. The van der Waals surface area contributed by atoms with E-state index in [1.165, 1.54) is 7.11 Å². The summed E-state index contributed by atoms with van der Waals surface area (Å²) in [5.74, 6) is 5.91. The van der Waals surface area contributed by atoms with Gasteiger partial charge in [-0.25, -0.2) is 4.79 Å². The summed E-state index contributed by atoms with van der Waals surface area (Å²) in [4.78, 5) is 26.2. The van der Waals surface area contributed by atoms with Gasteiger partial charge in [-0.2, -0.15) is 0 Å². The highest BCUT2D eigenvalue weighted by Gasteiger charge is 2.71. The molecular weight excluding hydrogens is 328 g/mol. The lowest BCUT2D eigenvalue weighted by Crippen LogP contribution is -2.82.